The van der Waals surface area contributed by atoms with Crippen LogP contribution in [0.15, 0.2) is 18.2 Å². The molecule has 0 bridgehead atoms. The number of hydrogen-bond donors (Lipinski definition) is 2. The van der Waals surface area contributed by atoms with Gasteiger partial charge in [0.25, 0.3) is 0 Å². The van der Waals surface area contributed by atoms with Gasteiger partial charge >= 0.3 is 5.97 Å². The van der Waals surface area contributed by atoms with E-state index in [0.717, 1.165) is 0 Å². The predicted octanol–water partition coefficient (Wildman–Crippen LogP) is 0.354. The third-order valence-corrected chi connectivity index (χ3v) is 1.80. The lowest BCUT2D eigenvalue weighted by Gasteiger charge is -2.03. The molecule has 5 nitrogen and oxygen atoms in total. The van der Waals surface area contributed by atoms with Crippen molar-refractivity contribution in [2.75, 3.05) is 13.7 Å². The molecule has 5 heteroatoms. The Kier molecular flexibility index (Phi) is 3.41. The minimum absolute atomic E-state index is 0.0642. The van der Waals surface area contributed by atoms with Gasteiger partial charge in [-0.25, -0.2) is 4.79 Å². The second-order valence-electron chi connectivity index (χ2n) is 2.84. The van der Waals surface area contributed by atoms with E-state index in [0.29, 0.717) is 0 Å². The number of benzene rings is 1. The highest BCUT2D eigenvalue weighted by molar-refractivity contribution is 6.00. The smallest absolute Gasteiger partial charge is 0.338 e. The average Bonchev–Trinajstić information content (AvgIpc) is 2.26. The summed E-state index contributed by atoms with van der Waals surface area (Å²) in [6.07, 6.45) is 0. The fraction of sp³-hybridized carbons (Fsp3) is 0.200. The van der Waals surface area contributed by atoms with Crippen LogP contribution < -0.4 is 0 Å². The van der Waals surface area contributed by atoms with Gasteiger partial charge in [0.2, 0.25) is 0 Å². The highest BCUT2D eigenvalue weighted by atomic mass is 16.5. The number of aliphatic hydroxyl groups is 1. The first kappa shape index (κ1) is 11.2. The number of esters is 1. The number of Topliss-reactive ketones (excluding diaryl/α,β-unsaturated/α-hetero) is 1. The maximum atomic E-state index is 11.1. The van der Waals surface area contributed by atoms with E-state index in [4.69, 9.17) is 5.11 Å². The number of carbonyl (C=O) groups excluding carboxylic acids is 2. The molecule has 0 spiro atoms. The highest BCUT2D eigenvalue weighted by Gasteiger charge is 2.12. The monoisotopic (exact) mass is 210 g/mol. The van der Waals surface area contributed by atoms with E-state index in [-0.39, 0.29) is 16.9 Å². The molecule has 0 aliphatic carbocycles. The lowest BCUT2D eigenvalue weighted by molar-refractivity contribution is 0.0600. The Morgan fingerprint density at radius 1 is 1.27 bits per heavy atom. The van der Waals surface area contributed by atoms with Gasteiger partial charge in [0.1, 0.15) is 12.4 Å². The molecule has 2 N–H and O–H groups in total. The number of aromatic hydroxyl groups is 1. The number of aliphatic hydroxyl groups excluding tert-OH is 1. The van der Waals surface area contributed by atoms with E-state index in [9.17, 15) is 14.7 Å². The molecule has 1 rings (SSSR count). The quantitative estimate of drug-likeness (QED) is 0.555. The van der Waals surface area contributed by atoms with Gasteiger partial charge in [-0.2, -0.15) is 0 Å². The molecule has 0 aromatic heterocycles. The first-order chi connectivity index (χ1) is 7.08. The highest BCUT2D eigenvalue weighted by Crippen LogP contribution is 2.16. The van der Waals surface area contributed by atoms with E-state index in [1.54, 1.807) is 0 Å². The molecule has 1 aromatic rings. The van der Waals surface area contributed by atoms with Gasteiger partial charge in [0.05, 0.1) is 12.7 Å². The first-order valence-corrected chi connectivity index (χ1v) is 4.15. The molecule has 0 amide bonds. The zero-order valence-electron chi connectivity index (χ0n) is 8.06. The van der Waals surface area contributed by atoms with Crippen molar-refractivity contribution in [3.63, 3.8) is 0 Å². The summed E-state index contributed by atoms with van der Waals surface area (Å²) in [6.45, 7) is -0.677. The van der Waals surface area contributed by atoms with Crippen LogP contribution in [0.4, 0.5) is 0 Å². The van der Waals surface area contributed by atoms with Crippen molar-refractivity contribution in [3.05, 3.63) is 29.3 Å². The van der Waals surface area contributed by atoms with E-state index in [2.05, 4.69) is 4.74 Å². The molecule has 0 aliphatic heterocycles. The van der Waals surface area contributed by atoms with Crippen molar-refractivity contribution in [2.45, 2.75) is 0 Å². The second-order valence-corrected chi connectivity index (χ2v) is 2.84. The molecular formula is C10H10O5. The molecule has 0 unspecified atom stereocenters. The van der Waals surface area contributed by atoms with Crippen molar-refractivity contribution >= 4 is 11.8 Å². The largest absolute Gasteiger partial charge is 0.508 e. The van der Waals surface area contributed by atoms with Crippen molar-refractivity contribution in [2.24, 2.45) is 0 Å². The van der Waals surface area contributed by atoms with E-state index in [1.165, 1.54) is 25.3 Å². The van der Waals surface area contributed by atoms with Crippen LogP contribution in [0.3, 0.4) is 0 Å². The van der Waals surface area contributed by atoms with Crippen LogP contribution in [0.2, 0.25) is 0 Å². The van der Waals surface area contributed by atoms with Gasteiger partial charge in [-0.05, 0) is 18.2 Å². The Hall–Kier alpha value is -1.88. The number of hydrogen-bond acceptors (Lipinski definition) is 5. The fourth-order valence-electron chi connectivity index (χ4n) is 1.10. The van der Waals surface area contributed by atoms with Gasteiger partial charge in [-0.3, -0.25) is 4.79 Å². The lowest BCUT2D eigenvalue weighted by atomic mass is 10.1. The summed E-state index contributed by atoms with van der Waals surface area (Å²) >= 11 is 0. The molecule has 0 saturated carbocycles. The zero-order valence-corrected chi connectivity index (χ0v) is 8.06. The third-order valence-electron chi connectivity index (χ3n) is 1.80. The summed E-state index contributed by atoms with van der Waals surface area (Å²) in [4.78, 5) is 22.2. The fourth-order valence-corrected chi connectivity index (χ4v) is 1.10. The Labute approximate surface area is 85.9 Å². The lowest BCUT2D eigenvalue weighted by Crippen LogP contribution is -2.07. The topological polar surface area (TPSA) is 83.8 Å². The van der Waals surface area contributed by atoms with Crippen molar-refractivity contribution in [1.29, 1.82) is 0 Å². The summed E-state index contributed by atoms with van der Waals surface area (Å²) in [7, 11) is 1.19. The molecule has 0 saturated heterocycles. The number of methoxy groups -OCH3 is 1. The Balaban J connectivity index is 3.16. The number of phenolic OH excluding ortho intramolecular Hbond substituents is 1. The molecule has 15 heavy (non-hydrogen) atoms. The third kappa shape index (κ3) is 2.54. The van der Waals surface area contributed by atoms with Crippen LogP contribution in [0.25, 0.3) is 0 Å². The van der Waals surface area contributed by atoms with Gasteiger partial charge < -0.3 is 14.9 Å². The Bertz CT molecular complexity index is 363. The van der Waals surface area contributed by atoms with Crippen LogP contribution in [-0.2, 0) is 4.74 Å². The number of carbonyl (C=O) groups is 2. The maximum Gasteiger partial charge on any atom is 0.338 e. The Morgan fingerprint density at radius 3 is 2.40 bits per heavy atom. The zero-order chi connectivity index (χ0) is 11.4. The number of ether oxygens (including phenoxy) is 1. The summed E-state index contributed by atoms with van der Waals surface area (Å²) in [5.74, 6) is -1.45. The minimum Gasteiger partial charge on any atom is -0.508 e. The molecule has 1 aromatic carbocycles. The SMILES string of the molecule is COC(=O)c1cc(O)cc(C(=O)CO)c1. The second kappa shape index (κ2) is 4.56. The standard InChI is InChI=1S/C10H10O5/c1-15-10(14)7-2-6(9(13)5-11)3-8(12)4-7/h2-4,11-12H,5H2,1H3. The molecule has 0 atom stereocenters. The van der Waals surface area contributed by atoms with Crippen LogP contribution in [0, 0.1) is 0 Å². The van der Waals surface area contributed by atoms with Crippen LogP contribution >= 0.6 is 0 Å². The maximum absolute atomic E-state index is 11.1. The molecule has 0 heterocycles. The normalized spacial score (nSPS) is 9.73. The minimum atomic E-state index is -0.677. The van der Waals surface area contributed by atoms with Crippen molar-refractivity contribution in [1.82, 2.24) is 0 Å². The van der Waals surface area contributed by atoms with Gasteiger partial charge in [-0.1, -0.05) is 0 Å². The summed E-state index contributed by atoms with van der Waals surface area (Å²) < 4.78 is 4.44. The van der Waals surface area contributed by atoms with Crippen LogP contribution in [0.5, 0.6) is 5.75 Å². The van der Waals surface area contributed by atoms with Gasteiger partial charge in [0.15, 0.2) is 5.78 Å². The summed E-state index contributed by atoms with van der Waals surface area (Å²) in [5, 5.41) is 17.9. The van der Waals surface area contributed by atoms with E-state index >= 15 is 0 Å². The molecule has 80 valence electrons. The van der Waals surface area contributed by atoms with Gasteiger partial charge in [0, 0.05) is 5.56 Å². The van der Waals surface area contributed by atoms with Crippen molar-refractivity contribution in [3.8, 4) is 5.75 Å². The van der Waals surface area contributed by atoms with Crippen molar-refractivity contribution < 1.29 is 24.5 Å². The number of rotatable bonds is 3. The average molecular weight is 210 g/mol. The van der Waals surface area contributed by atoms with E-state index < -0.39 is 18.4 Å². The molecule has 0 radical (unpaired) electrons. The van der Waals surface area contributed by atoms with Crippen LogP contribution in [-0.4, -0.2) is 35.7 Å². The summed E-state index contributed by atoms with van der Waals surface area (Å²) in [5.41, 5.74) is 0.132. The van der Waals surface area contributed by atoms with E-state index in [1.807, 2.05) is 0 Å². The first-order valence-electron chi connectivity index (χ1n) is 4.15. The van der Waals surface area contributed by atoms with Crippen LogP contribution in [0.1, 0.15) is 20.7 Å². The van der Waals surface area contributed by atoms with Gasteiger partial charge in [-0.15, -0.1) is 0 Å². The molecule has 0 aliphatic rings. The molecular weight excluding hydrogens is 200 g/mol. The molecule has 0 fully saturated rings. The Morgan fingerprint density at radius 2 is 1.87 bits per heavy atom. The predicted molar refractivity (Wildman–Crippen MR) is 50.9 cm³/mol. The number of phenols is 1. The summed E-state index contributed by atoms with van der Waals surface area (Å²) in [6, 6.07) is 3.61. The number of ketones is 1.